The second-order valence-corrected chi connectivity index (χ2v) is 5.53. The number of anilines is 1. The summed E-state index contributed by atoms with van der Waals surface area (Å²) < 4.78 is 0. The Bertz CT molecular complexity index is 364. The smallest absolute Gasteiger partial charge is 0.0366 e. The summed E-state index contributed by atoms with van der Waals surface area (Å²) in [5.74, 6) is 0. The first-order chi connectivity index (χ1) is 8.58. The van der Waals surface area contributed by atoms with Crippen molar-refractivity contribution in [3.8, 4) is 0 Å². The summed E-state index contributed by atoms with van der Waals surface area (Å²) in [7, 11) is 4.41. The van der Waals surface area contributed by atoms with Crippen molar-refractivity contribution in [2.45, 2.75) is 31.8 Å². The lowest BCUT2D eigenvalue weighted by Gasteiger charge is -2.36. The molecule has 0 bridgehead atoms. The number of likely N-dealkylation sites (tertiary alicyclic amines) is 1. The predicted molar refractivity (Wildman–Crippen MR) is 78.0 cm³/mol. The maximum absolute atomic E-state index is 5.88. The van der Waals surface area contributed by atoms with Crippen LogP contribution in [-0.4, -0.2) is 38.1 Å². The Hall–Kier alpha value is -1.06. The largest absolute Gasteiger partial charge is 0.372 e. The highest BCUT2D eigenvalue weighted by molar-refractivity contribution is 5.48. The van der Waals surface area contributed by atoms with Crippen LogP contribution in [0, 0.1) is 0 Å². The normalized spacial score (nSPS) is 19.8. The summed E-state index contributed by atoms with van der Waals surface area (Å²) in [5.41, 5.74) is 8.38. The second-order valence-electron chi connectivity index (χ2n) is 5.53. The van der Waals surface area contributed by atoms with Gasteiger partial charge in [0.05, 0.1) is 0 Å². The van der Waals surface area contributed by atoms with Gasteiger partial charge in [-0.3, -0.25) is 0 Å². The molecule has 1 fully saturated rings. The van der Waals surface area contributed by atoms with Gasteiger partial charge in [-0.25, -0.2) is 0 Å². The molecule has 0 saturated carbocycles. The van der Waals surface area contributed by atoms with E-state index in [0.29, 0.717) is 6.04 Å². The molecule has 0 unspecified atom stereocenters. The molecule has 18 heavy (non-hydrogen) atoms. The fourth-order valence-electron chi connectivity index (χ4n) is 2.61. The zero-order valence-electron chi connectivity index (χ0n) is 11.8. The molecular weight excluding hydrogens is 222 g/mol. The van der Waals surface area contributed by atoms with Crippen LogP contribution in [0.3, 0.4) is 0 Å². The van der Waals surface area contributed by atoms with E-state index in [9.17, 15) is 0 Å². The number of piperidine rings is 1. The van der Waals surface area contributed by atoms with Crippen LogP contribution < -0.4 is 10.6 Å². The highest BCUT2D eigenvalue weighted by Crippen LogP contribution is 2.23. The molecule has 0 radical (unpaired) electrons. The molecule has 1 atom stereocenters. The molecule has 0 aromatic heterocycles. The summed E-state index contributed by atoms with van der Waals surface area (Å²) in [6.07, 6.45) is 2.50. The summed E-state index contributed by atoms with van der Waals surface area (Å²) in [6.45, 7) is 4.43. The molecule has 0 spiro atoms. The van der Waals surface area contributed by atoms with Crippen molar-refractivity contribution in [2.75, 3.05) is 32.1 Å². The second kappa shape index (κ2) is 5.72. The molecule has 0 aliphatic carbocycles. The van der Waals surface area contributed by atoms with Gasteiger partial charge in [0.15, 0.2) is 0 Å². The molecule has 1 aromatic carbocycles. The molecule has 1 aliphatic rings. The minimum absolute atomic E-state index is 0.118. The molecule has 100 valence electrons. The van der Waals surface area contributed by atoms with Gasteiger partial charge in [-0.1, -0.05) is 12.1 Å². The van der Waals surface area contributed by atoms with Gasteiger partial charge in [0.2, 0.25) is 0 Å². The van der Waals surface area contributed by atoms with Crippen molar-refractivity contribution < 1.29 is 0 Å². The van der Waals surface area contributed by atoms with Crippen LogP contribution in [0.15, 0.2) is 24.3 Å². The Morgan fingerprint density at radius 2 is 1.78 bits per heavy atom. The van der Waals surface area contributed by atoms with Crippen molar-refractivity contribution in [1.82, 2.24) is 4.90 Å². The monoisotopic (exact) mass is 247 g/mol. The van der Waals surface area contributed by atoms with Crippen LogP contribution in [0.5, 0.6) is 0 Å². The number of benzene rings is 1. The SMILES string of the molecule is C[C@@H](N)c1ccc(N(C)C2CCN(C)CC2)cc1. The number of hydrogen-bond donors (Lipinski definition) is 1. The van der Waals surface area contributed by atoms with Crippen LogP contribution in [0.2, 0.25) is 0 Å². The van der Waals surface area contributed by atoms with Gasteiger partial charge < -0.3 is 15.5 Å². The minimum Gasteiger partial charge on any atom is -0.372 e. The molecule has 1 aliphatic heterocycles. The van der Waals surface area contributed by atoms with Gasteiger partial charge in [-0.05, 0) is 57.6 Å². The van der Waals surface area contributed by atoms with E-state index in [0.717, 1.165) is 0 Å². The Labute approximate surface area is 111 Å². The summed E-state index contributed by atoms with van der Waals surface area (Å²) in [6, 6.07) is 9.46. The quantitative estimate of drug-likeness (QED) is 0.889. The van der Waals surface area contributed by atoms with Crippen molar-refractivity contribution >= 4 is 5.69 Å². The van der Waals surface area contributed by atoms with E-state index in [1.54, 1.807) is 0 Å². The Morgan fingerprint density at radius 1 is 1.22 bits per heavy atom. The summed E-state index contributed by atoms with van der Waals surface area (Å²) in [5, 5.41) is 0. The third kappa shape index (κ3) is 3.03. The van der Waals surface area contributed by atoms with Gasteiger partial charge in [-0.2, -0.15) is 0 Å². The van der Waals surface area contributed by atoms with Gasteiger partial charge in [0.1, 0.15) is 0 Å². The Morgan fingerprint density at radius 3 is 2.28 bits per heavy atom. The van der Waals surface area contributed by atoms with E-state index >= 15 is 0 Å². The van der Waals surface area contributed by atoms with Crippen LogP contribution >= 0.6 is 0 Å². The van der Waals surface area contributed by atoms with E-state index in [-0.39, 0.29) is 6.04 Å². The van der Waals surface area contributed by atoms with Crippen LogP contribution in [0.1, 0.15) is 31.4 Å². The fourth-order valence-corrected chi connectivity index (χ4v) is 2.61. The lowest BCUT2D eigenvalue weighted by atomic mass is 10.0. The van der Waals surface area contributed by atoms with E-state index in [1.165, 1.54) is 37.2 Å². The van der Waals surface area contributed by atoms with Crippen molar-refractivity contribution in [1.29, 1.82) is 0 Å². The topological polar surface area (TPSA) is 32.5 Å². The van der Waals surface area contributed by atoms with Crippen molar-refractivity contribution in [3.63, 3.8) is 0 Å². The first-order valence-electron chi connectivity index (χ1n) is 6.85. The fraction of sp³-hybridized carbons (Fsp3) is 0.600. The average Bonchev–Trinajstić information content (AvgIpc) is 2.39. The van der Waals surface area contributed by atoms with Crippen LogP contribution in [0.25, 0.3) is 0 Å². The molecule has 0 amide bonds. The van der Waals surface area contributed by atoms with Gasteiger partial charge in [0.25, 0.3) is 0 Å². The maximum Gasteiger partial charge on any atom is 0.0366 e. The summed E-state index contributed by atoms with van der Waals surface area (Å²) in [4.78, 5) is 4.82. The molecule has 1 heterocycles. The third-order valence-electron chi connectivity index (χ3n) is 4.06. The zero-order valence-corrected chi connectivity index (χ0v) is 11.8. The molecule has 1 saturated heterocycles. The van der Waals surface area contributed by atoms with E-state index in [4.69, 9.17) is 5.73 Å². The first kappa shape index (κ1) is 13.4. The van der Waals surface area contributed by atoms with Crippen molar-refractivity contribution in [3.05, 3.63) is 29.8 Å². The van der Waals surface area contributed by atoms with E-state index in [1.807, 2.05) is 6.92 Å². The molecule has 3 heteroatoms. The molecule has 1 aromatic rings. The first-order valence-corrected chi connectivity index (χ1v) is 6.85. The van der Waals surface area contributed by atoms with Gasteiger partial charge in [0, 0.05) is 24.8 Å². The van der Waals surface area contributed by atoms with Crippen LogP contribution in [-0.2, 0) is 0 Å². The Kier molecular flexibility index (Phi) is 4.25. The third-order valence-corrected chi connectivity index (χ3v) is 4.06. The van der Waals surface area contributed by atoms with Crippen LogP contribution in [0.4, 0.5) is 5.69 Å². The average molecular weight is 247 g/mol. The summed E-state index contributed by atoms with van der Waals surface area (Å²) >= 11 is 0. The highest BCUT2D eigenvalue weighted by Gasteiger charge is 2.20. The number of rotatable bonds is 3. The molecule has 2 rings (SSSR count). The maximum atomic E-state index is 5.88. The van der Waals surface area contributed by atoms with Crippen molar-refractivity contribution in [2.24, 2.45) is 5.73 Å². The zero-order chi connectivity index (χ0) is 13.1. The highest BCUT2D eigenvalue weighted by atomic mass is 15.2. The number of hydrogen-bond acceptors (Lipinski definition) is 3. The lowest BCUT2D eigenvalue weighted by molar-refractivity contribution is 0.253. The Balaban J connectivity index is 2.02. The lowest BCUT2D eigenvalue weighted by Crippen LogP contribution is -2.41. The number of nitrogens with zero attached hydrogens (tertiary/aromatic N) is 2. The molecule has 3 nitrogen and oxygen atoms in total. The van der Waals surface area contributed by atoms with E-state index in [2.05, 4.69) is 48.2 Å². The number of nitrogens with two attached hydrogens (primary N) is 1. The molecule has 2 N–H and O–H groups in total. The predicted octanol–water partition coefficient (Wildman–Crippen LogP) is 2.24. The minimum atomic E-state index is 0.118. The molecular formula is C15H25N3. The van der Waals surface area contributed by atoms with Gasteiger partial charge in [-0.15, -0.1) is 0 Å². The van der Waals surface area contributed by atoms with E-state index < -0.39 is 0 Å². The van der Waals surface area contributed by atoms with Gasteiger partial charge >= 0.3 is 0 Å². The standard InChI is InChI=1S/C15H25N3/c1-12(16)13-4-6-14(7-5-13)18(3)15-8-10-17(2)11-9-15/h4-7,12,15H,8-11,16H2,1-3H3/t12-/m1/s1.